The minimum Gasteiger partial charge on any atom is -0.423 e. The number of nitrogens with zero attached hydrogens (tertiary/aromatic N) is 3. The van der Waals surface area contributed by atoms with Crippen molar-refractivity contribution in [3.8, 4) is 17.4 Å². The lowest BCUT2D eigenvalue weighted by molar-refractivity contribution is 0.441. The zero-order chi connectivity index (χ0) is 13.9. The number of rotatable bonds is 3. The van der Waals surface area contributed by atoms with Gasteiger partial charge in [-0.25, -0.2) is 4.68 Å². The Morgan fingerprint density at radius 1 is 1.10 bits per heavy atom. The number of hydrogen-bond donors (Lipinski definition) is 1. The van der Waals surface area contributed by atoms with Gasteiger partial charge in [-0.3, -0.25) is 0 Å². The number of aromatic nitrogens is 3. The zero-order valence-corrected chi connectivity index (χ0v) is 11.0. The maximum atomic E-state index is 5.78. The first kappa shape index (κ1) is 12.2. The van der Waals surface area contributed by atoms with Gasteiger partial charge in [0.1, 0.15) is 12.1 Å². The molecule has 5 nitrogen and oxygen atoms in total. The molecule has 0 aliphatic rings. The molecule has 0 spiro atoms. The average molecular weight is 266 g/mol. The lowest BCUT2D eigenvalue weighted by Gasteiger charge is -2.04. The number of nitrogen functional groups attached to an aromatic ring is 1. The minimum absolute atomic E-state index is 0.291. The fourth-order valence-corrected chi connectivity index (χ4v) is 1.94. The molecule has 0 atom stereocenters. The third-order valence-electron chi connectivity index (χ3n) is 2.77. The Labute approximate surface area is 116 Å². The Morgan fingerprint density at radius 2 is 1.90 bits per heavy atom. The number of hydrogen-bond acceptors (Lipinski definition) is 4. The molecule has 0 aliphatic heterocycles. The molecule has 0 saturated carbocycles. The van der Waals surface area contributed by atoms with Crippen LogP contribution in [-0.2, 0) is 0 Å². The maximum Gasteiger partial charge on any atom is 0.341 e. The molecule has 0 unspecified atom stereocenters. The first-order valence-corrected chi connectivity index (χ1v) is 6.23. The van der Waals surface area contributed by atoms with Crippen LogP contribution in [0.2, 0.25) is 0 Å². The van der Waals surface area contributed by atoms with Gasteiger partial charge in [0, 0.05) is 11.8 Å². The van der Waals surface area contributed by atoms with Crippen LogP contribution in [0.5, 0.6) is 11.8 Å². The van der Waals surface area contributed by atoms with Crippen molar-refractivity contribution < 1.29 is 4.74 Å². The molecule has 0 amide bonds. The number of anilines is 1. The Balaban J connectivity index is 1.84. The highest BCUT2D eigenvalue weighted by Crippen LogP contribution is 2.22. The molecule has 100 valence electrons. The molecule has 0 radical (unpaired) electrons. The van der Waals surface area contributed by atoms with Crippen molar-refractivity contribution in [2.24, 2.45) is 0 Å². The highest BCUT2D eigenvalue weighted by Gasteiger charge is 2.06. The van der Waals surface area contributed by atoms with Gasteiger partial charge < -0.3 is 10.5 Å². The maximum absolute atomic E-state index is 5.78. The zero-order valence-electron chi connectivity index (χ0n) is 11.0. The predicted octanol–water partition coefficient (Wildman–Crippen LogP) is 2.95. The van der Waals surface area contributed by atoms with E-state index in [1.54, 1.807) is 17.1 Å². The predicted molar refractivity (Wildman–Crippen MR) is 77.0 cm³/mol. The standard InChI is InChI=1S/C15H14N4O/c1-11-7-12(16)9-14(8-11)20-15-17-10-19(18-15)13-5-3-2-4-6-13/h2-10H,16H2,1H3. The molecule has 5 heteroatoms. The van der Waals surface area contributed by atoms with Gasteiger partial charge >= 0.3 is 6.01 Å². The summed E-state index contributed by atoms with van der Waals surface area (Å²) in [4.78, 5) is 4.14. The van der Waals surface area contributed by atoms with Crippen LogP contribution in [0.1, 0.15) is 5.56 Å². The summed E-state index contributed by atoms with van der Waals surface area (Å²) in [6, 6.07) is 15.5. The van der Waals surface area contributed by atoms with Crippen molar-refractivity contribution >= 4 is 5.69 Å². The quantitative estimate of drug-likeness (QED) is 0.740. The second kappa shape index (κ2) is 5.05. The van der Waals surface area contributed by atoms with E-state index in [0.717, 1.165) is 11.3 Å². The van der Waals surface area contributed by atoms with Crippen LogP contribution in [-0.4, -0.2) is 14.8 Å². The molecule has 1 heterocycles. The lowest BCUT2D eigenvalue weighted by atomic mass is 10.2. The molecule has 20 heavy (non-hydrogen) atoms. The van der Waals surface area contributed by atoms with E-state index in [2.05, 4.69) is 10.1 Å². The lowest BCUT2D eigenvalue weighted by Crippen LogP contribution is -1.95. The number of para-hydroxylation sites is 1. The Morgan fingerprint density at radius 3 is 2.65 bits per heavy atom. The van der Waals surface area contributed by atoms with E-state index in [0.29, 0.717) is 17.4 Å². The number of benzene rings is 2. The van der Waals surface area contributed by atoms with Crippen molar-refractivity contribution in [1.82, 2.24) is 14.8 Å². The van der Waals surface area contributed by atoms with Crippen molar-refractivity contribution in [3.05, 3.63) is 60.4 Å². The van der Waals surface area contributed by atoms with Crippen molar-refractivity contribution in [2.45, 2.75) is 6.92 Å². The van der Waals surface area contributed by atoms with Crippen LogP contribution in [0.15, 0.2) is 54.9 Å². The van der Waals surface area contributed by atoms with E-state index < -0.39 is 0 Å². The first-order valence-electron chi connectivity index (χ1n) is 6.23. The number of aryl methyl sites for hydroxylation is 1. The van der Waals surface area contributed by atoms with Crippen LogP contribution in [0.3, 0.4) is 0 Å². The van der Waals surface area contributed by atoms with Crippen LogP contribution < -0.4 is 10.5 Å². The molecule has 0 saturated heterocycles. The monoisotopic (exact) mass is 266 g/mol. The summed E-state index contributed by atoms with van der Waals surface area (Å²) in [6.45, 7) is 1.96. The van der Waals surface area contributed by atoms with E-state index in [1.165, 1.54) is 0 Å². The van der Waals surface area contributed by atoms with E-state index in [-0.39, 0.29) is 0 Å². The summed E-state index contributed by atoms with van der Waals surface area (Å²) >= 11 is 0. The van der Waals surface area contributed by atoms with Gasteiger partial charge in [0.05, 0.1) is 5.69 Å². The van der Waals surface area contributed by atoms with E-state index >= 15 is 0 Å². The summed E-state index contributed by atoms with van der Waals surface area (Å²) in [5, 5.41) is 4.28. The minimum atomic E-state index is 0.291. The third kappa shape index (κ3) is 2.61. The molecule has 1 aromatic heterocycles. The van der Waals surface area contributed by atoms with E-state index in [1.807, 2.05) is 49.4 Å². The number of ether oxygens (including phenoxy) is 1. The normalized spacial score (nSPS) is 10.4. The van der Waals surface area contributed by atoms with Crippen LogP contribution in [0.25, 0.3) is 5.69 Å². The van der Waals surface area contributed by atoms with Crippen molar-refractivity contribution in [1.29, 1.82) is 0 Å². The molecular weight excluding hydrogens is 252 g/mol. The van der Waals surface area contributed by atoms with Gasteiger partial charge in [-0.2, -0.15) is 4.98 Å². The van der Waals surface area contributed by atoms with Gasteiger partial charge in [-0.05, 0) is 36.8 Å². The second-order valence-corrected chi connectivity index (χ2v) is 4.49. The Kier molecular flexibility index (Phi) is 3.09. The fourth-order valence-electron chi connectivity index (χ4n) is 1.94. The number of nitrogens with two attached hydrogens (primary N) is 1. The summed E-state index contributed by atoms with van der Waals surface area (Å²) in [6.07, 6.45) is 1.61. The van der Waals surface area contributed by atoms with Crippen molar-refractivity contribution in [3.63, 3.8) is 0 Å². The molecule has 2 aromatic carbocycles. The first-order chi connectivity index (χ1) is 9.70. The molecular formula is C15H14N4O. The van der Waals surface area contributed by atoms with Gasteiger partial charge in [-0.15, -0.1) is 5.10 Å². The van der Waals surface area contributed by atoms with E-state index in [4.69, 9.17) is 10.5 Å². The summed E-state index contributed by atoms with van der Waals surface area (Å²) in [5.41, 5.74) is 8.40. The smallest absolute Gasteiger partial charge is 0.341 e. The van der Waals surface area contributed by atoms with E-state index in [9.17, 15) is 0 Å². The molecule has 3 aromatic rings. The van der Waals surface area contributed by atoms with Gasteiger partial charge in [0.25, 0.3) is 0 Å². The molecule has 0 bridgehead atoms. The summed E-state index contributed by atoms with van der Waals surface area (Å²) < 4.78 is 7.28. The van der Waals surface area contributed by atoms with Gasteiger partial charge in [0.15, 0.2) is 0 Å². The van der Waals surface area contributed by atoms with Gasteiger partial charge in [0.2, 0.25) is 0 Å². The summed E-state index contributed by atoms with van der Waals surface area (Å²) in [7, 11) is 0. The molecule has 3 rings (SSSR count). The highest BCUT2D eigenvalue weighted by molar-refractivity contribution is 5.47. The summed E-state index contributed by atoms with van der Waals surface area (Å²) in [5.74, 6) is 0.633. The third-order valence-corrected chi connectivity index (χ3v) is 2.77. The Bertz CT molecular complexity index is 701. The van der Waals surface area contributed by atoms with Crippen LogP contribution in [0, 0.1) is 6.92 Å². The second-order valence-electron chi connectivity index (χ2n) is 4.49. The molecule has 2 N–H and O–H groups in total. The largest absolute Gasteiger partial charge is 0.423 e. The van der Waals surface area contributed by atoms with Crippen LogP contribution in [0.4, 0.5) is 5.69 Å². The molecule has 0 aliphatic carbocycles. The van der Waals surface area contributed by atoms with Crippen molar-refractivity contribution in [2.75, 3.05) is 5.73 Å². The SMILES string of the molecule is Cc1cc(N)cc(Oc2ncn(-c3ccccc3)n2)c1. The fraction of sp³-hybridized carbons (Fsp3) is 0.0667. The van der Waals surface area contributed by atoms with Gasteiger partial charge in [-0.1, -0.05) is 18.2 Å². The average Bonchev–Trinajstić information content (AvgIpc) is 2.87. The Hall–Kier alpha value is -2.82. The van der Waals surface area contributed by atoms with Crippen LogP contribution >= 0.6 is 0 Å². The topological polar surface area (TPSA) is 66.0 Å². The molecule has 0 fully saturated rings. The highest BCUT2D eigenvalue weighted by atomic mass is 16.5.